The van der Waals surface area contributed by atoms with Gasteiger partial charge in [-0.15, -0.1) is 24.8 Å². The molecule has 3 aromatic rings. The van der Waals surface area contributed by atoms with Gasteiger partial charge >= 0.3 is 6.36 Å². The van der Waals surface area contributed by atoms with Crippen LogP contribution in [0, 0.1) is 0 Å². The first-order chi connectivity index (χ1) is 13.3. The Morgan fingerprint density at radius 3 is 2.61 bits per heavy atom. The average molecular weight is 434 g/mol. The van der Waals surface area contributed by atoms with E-state index in [1.165, 1.54) is 16.9 Å². The largest absolute Gasteiger partial charge is 0.573 e. The summed E-state index contributed by atoms with van der Waals surface area (Å²) in [4.78, 5) is 0.0241. The number of benzene rings is 2. The van der Waals surface area contributed by atoms with Gasteiger partial charge in [0.05, 0.1) is 17.5 Å². The number of ether oxygens (including phenoxy) is 2. The highest BCUT2D eigenvalue weighted by Crippen LogP contribution is 2.28. The van der Waals surface area contributed by atoms with Crippen LogP contribution in [0.25, 0.3) is 10.9 Å². The third kappa shape index (κ3) is 4.71. The SMILES string of the molecule is COc1ccc2c(c1)c(CCCl)cn2OS(=O)c1cccc(OC(F)(F)F)c1. The van der Waals surface area contributed by atoms with Gasteiger partial charge < -0.3 is 13.8 Å². The van der Waals surface area contributed by atoms with Crippen molar-refractivity contribution in [2.24, 2.45) is 0 Å². The quantitative estimate of drug-likeness (QED) is 0.515. The number of methoxy groups -OCH3 is 1. The molecule has 28 heavy (non-hydrogen) atoms. The predicted molar refractivity (Wildman–Crippen MR) is 99.0 cm³/mol. The molecule has 0 aliphatic rings. The second-order valence-electron chi connectivity index (χ2n) is 5.63. The zero-order valence-electron chi connectivity index (χ0n) is 14.5. The Labute approximate surface area is 166 Å². The van der Waals surface area contributed by atoms with Crippen LogP contribution in [0.3, 0.4) is 0 Å². The molecule has 0 aliphatic carbocycles. The van der Waals surface area contributed by atoms with Gasteiger partial charge in [-0.2, -0.15) is 4.73 Å². The summed E-state index contributed by atoms with van der Waals surface area (Å²) in [5.41, 5.74) is 1.48. The molecule has 0 N–H and O–H groups in total. The van der Waals surface area contributed by atoms with E-state index in [9.17, 15) is 17.4 Å². The zero-order valence-corrected chi connectivity index (χ0v) is 16.1. The maximum Gasteiger partial charge on any atom is 0.573 e. The average Bonchev–Trinajstić information content (AvgIpc) is 2.97. The van der Waals surface area contributed by atoms with Crippen LogP contribution in [-0.2, 0) is 17.5 Å². The third-order valence-electron chi connectivity index (χ3n) is 3.80. The van der Waals surface area contributed by atoms with Gasteiger partial charge in [0.2, 0.25) is 0 Å². The van der Waals surface area contributed by atoms with Gasteiger partial charge in [-0.05, 0) is 42.3 Å². The van der Waals surface area contributed by atoms with E-state index in [0.717, 1.165) is 23.1 Å². The fourth-order valence-corrected chi connectivity index (χ4v) is 3.59. The second-order valence-corrected chi connectivity index (χ2v) is 7.10. The molecule has 0 radical (unpaired) electrons. The fraction of sp³-hybridized carbons (Fsp3) is 0.222. The summed E-state index contributed by atoms with van der Waals surface area (Å²) < 4.78 is 65.5. The molecule has 5 nitrogen and oxygen atoms in total. The van der Waals surface area contributed by atoms with Crippen LogP contribution in [0.15, 0.2) is 53.6 Å². The lowest BCUT2D eigenvalue weighted by Gasteiger charge is -2.10. The van der Waals surface area contributed by atoms with Crippen molar-refractivity contribution >= 4 is 33.6 Å². The summed E-state index contributed by atoms with van der Waals surface area (Å²) in [6, 6.07) is 10.1. The summed E-state index contributed by atoms with van der Waals surface area (Å²) in [5.74, 6) is 0.530. The van der Waals surface area contributed by atoms with Gasteiger partial charge in [0.1, 0.15) is 11.5 Å². The number of alkyl halides is 4. The Balaban J connectivity index is 1.90. The Kier molecular flexibility index (Phi) is 6.04. The van der Waals surface area contributed by atoms with Gasteiger partial charge in [-0.1, -0.05) is 6.07 Å². The van der Waals surface area contributed by atoms with Crippen molar-refractivity contribution in [3.8, 4) is 11.5 Å². The minimum absolute atomic E-state index is 0.0241. The van der Waals surface area contributed by atoms with Gasteiger partial charge in [0.25, 0.3) is 11.1 Å². The van der Waals surface area contributed by atoms with Crippen LogP contribution in [0.1, 0.15) is 5.56 Å². The van der Waals surface area contributed by atoms with Gasteiger partial charge in [0, 0.05) is 23.5 Å². The number of aryl methyl sites for hydroxylation is 1. The monoisotopic (exact) mass is 433 g/mol. The number of aromatic nitrogens is 1. The fourth-order valence-electron chi connectivity index (χ4n) is 2.63. The highest BCUT2D eigenvalue weighted by atomic mass is 35.5. The highest BCUT2D eigenvalue weighted by Gasteiger charge is 2.31. The first-order valence-electron chi connectivity index (χ1n) is 8.01. The Morgan fingerprint density at radius 1 is 1.14 bits per heavy atom. The van der Waals surface area contributed by atoms with Crippen LogP contribution in [0.4, 0.5) is 13.2 Å². The van der Waals surface area contributed by atoms with Crippen LogP contribution in [0.2, 0.25) is 0 Å². The molecule has 1 aromatic heterocycles. The molecule has 3 rings (SSSR count). The summed E-state index contributed by atoms with van der Waals surface area (Å²) in [6.07, 6.45) is -2.66. The maximum absolute atomic E-state index is 12.5. The molecule has 1 heterocycles. The summed E-state index contributed by atoms with van der Waals surface area (Å²) in [7, 11) is 1.54. The minimum Gasteiger partial charge on any atom is -0.497 e. The van der Waals surface area contributed by atoms with Crippen molar-refractivity contribution in [2.75, 3.05) is 13.0 Å². The summed E-state index contributed by atoms with van der Waals surface area (Å²) in [6.45, 7) is 0. The number of hydrogen-bond acceptors (Lipinski definition) is 4. The number of nitrogens with zero attached hydrogens (tertiary/aromatic N) is 1. The summed E-state index contributed by atoms with van der Waals surface area (Å²) >= 11 is 3.77. The first kappa shape index (κ1) is 20.3. The van der Waals surface area contributed by atoms with Crippen molar-refractivity contribution < 1.29 is 31.1 Å². The molecule has 0 spiro atoms. The van der Waals surface area contributed by atoms with E-state index in [-0.39, 0.29) is 4.90 Å². The normalized spacial score (nSPS) is 12.8. The van der Waals surface area contributed by atoms with Crippen molar-refractivity contribution in [1.29, 1.82) is 0 Å². The van der Waals surface area contributed by atoms with E-state index in [1.807, 2.05) is 0 Å². The molecule has 0 saturated heterocycles. The van der Waals surface area contributed by atoms with Gasteiger partial charge in [0.15, 0.2) is 0 Å². The maximum atomic E-state index is 12.5. The lowest BCUT2D eigenvalue weighted by Crippen LogP contribution is -2.18. The molecular weight excluding hydrogens is 419 g/mol. The van der Waals surface area contributed by atoms with E-state index in [4.69, 9.17) is 20.6 Å². The number of rotatable bonds is 7. The zero-order chi connectivity index (χ0) is 20.3. The van der Waals surface area contributed by atoms with Crippen LogP contribution in [0.5, 0.6) is 11.5 Å². The smallest absolute Gasteiger partial charge is 0.497 e. The molecule has 0 saturated carbocycles. The molecule has 1 unspecified atom stereocenters. The molecule has 1 atom stereocenters. The van der Waals surface area contributed by atoms with Crippen LogP contribution < -0.4 is 13.8 Å². The van der Waals surface area contributed by atoms with E-state index < -0.39 is 23.2 Å². The highest BCUT2D eigenvalue weighted by molar-refractivity contribution is 7.80. The predicted octanol–water partition coefficient (Wildman–Crippen LogP) is 4.48. The molecule has 2 aromatic carbocycles. The van der Waals surface area contributed by atoms with Gasteiger partial charge in [-0.25, -0.2) is 4.21 Å². The third-order valence-corrected chi connectivity index (χ3v) is 4.93. The molecule has 0 aliphatic heterocycles. The first-order valence-corrected chi connectivity index (χ1v) is 9.62. The minimum atomic E-state index is -4.84. The van der Waals surface area contributed by atoms with E-state index in [0.29, 0.717) is 23.6 Å². The van der Waals surface area contributed by atoms with Crippen molar-refractivity contribution in [2.45, 2.75) is 17.7 Å². The lowest BCUT2D eigenvalue weighted by molar-refractivity contribution is -0.274. The molecule has 0 amide bonds. The van der Waals surface area contributed by atoms with Crippen LogP contribution >= 0.6 is 11.6 Å². The second kappa shape index (κ2) is 8.32. The van der Waals surface area contributed by atoms with Crippen molar-refractivity contribution in [1.82, 2.24) is 4.73 Å². The van der Waals surface area contributed by atoms with E-state index >= 15 is 0 Å². The molecule has 10 heteroatoms. The number of hydrogen-bond donors (Lipinski definition) is 0. The van der Waals surface area contributed by atoms with Crippen molar-refractivity contribution in [3.63, 3.8) is 0 Å². The lowest BCUT2D eigenvalue weighted by atomic mass is 10.1. The van der Waals surface area contributed by atoms with Crippen LogP contribution in [-0.4, -0.2) is 28.3 Å². The van der Waals surface area contributed by atoms with E-state index in [1.54, 1.807) is 31.5 Å². The van der Waals surface area contributed by atoms with Crippen molar-refractivity contribution in [3.05, 3.63) is 54.2 Å². The molecule has 0 fully saturated rings. The Hall–Kier alpha value is -2.39. The standard InChI is InChI=1S/C18H15ClF3NO4S/c1-25-13-5-6-17-16(10-13)12(7-8-19)11-23(17)27-28(24)15-4-2-3-14(9-15)26-18(20,21)22/h2-6,9-11H,7-8H2,1H3. The number of halogens is 4. The molecular formula is C18H15ClF3NO4S. The number of fused-ring (bicyclic) bond motifs is 1. The van der Waals surface area contributed by atoms with E-state index in [2.05, 4.69) is 4.74 Å². The van der Waals surface area contributed by atoms with Gasteiger partial charge in [-0.3, -0.25) is 0 Å². The molecule has 150 valence electrons. The molecule has 0 bridgehead atoms. The summed E-state index contributed by atoms with van der Waals surface area (Å²) in [5, 5.41) is 0.811. The Morgan fingerprint density at radius 2 is 1.93 bits per heavy atom. The topological polar surface area (TPSA) is 49.7 Å². The Bertz CT molecular complexity index is 1010.